The summed E-state index contributed by atoms with van der Waals surface area (Å²) in [7, 11) is 0. The molecule has 0 fully saturated rings. The zero-order chi connectivity index (χ0) is 15.8. The molecule has 0 amide bonds. The lowest BCUT2D eigenvalue weighted by atomic mass is 10.2. The van der Waals surface area contributed by atoms with E-state index in [0.717, 1.165) is 46.8 Å². The summed E-state index contributed by atoms with van der Waals surface area (Å²) in [4.78, 5) is 2.35. The molecule has 1 aliphatic rings. The lowest BCUT2D eigenvalue weighted by Crippen LogP contribution is -2.26. The van der Waals surface area contributed by atoms with E-state index < -0.39 is 0 Å². The zero-order valence-electron chi connectivity index (χ0n) is 12.5. The van der Waals surface area contributed by atoms with E-state index in [2.05, 4.69) is 27.8 Å². The number of halogens is 2. The van der Waals surface area contributed by atoms with Gasteiger partial charge in [0, 0.05) is 35.4 Å². The number of benzene rings is 2. The van der Waals surface area contributed by atoms with Gasteiger partial charge in [-0.2, -0.15) is 0 Å². The molecule has 23 heavy (non-hydrogen) atoms. The van der Waals surface area contributed by atoms with Crippen molar-refractivity contribution in [2.24, 2.45) is 0 Å². The maximum atomic E-state index is 13.2. The van der Waals surface area contributed by atoms with Gasteiger partial charge in [-0.3, -0.25) is 0 Å². The summed E-state index contributed by atoms with van der Waals surface area (Å²) in [5, 5.41) is 1.85. The summed E-state index contributed by atoms with van der Waals surface area (Å²) < 4.78 is 15.3. The molecule has 116 valence electrons. The Kier molecular flexibility index (Phi) is 3.58. The van der Waals surface area contributed by atoms with Crippen LogP contribution in [0.25, 0.3) is 16.6 Å². The van der Waals surface area contributed by atoms with Gasteiger partial charge in [-0.1, -0.05) is 23.8 Å². The van der Waals surface area contributed by atoms with Crippen molar-refractivity contribution < 1.29 is 4.39 Å². The van der Waals surface area contributed by atoms with E-state index in [1.54, 1.807) is 12.1 Å². The molecule has 0 spiro atoms. The van der Waals surface area contributed by atoms with Crippen LogP contribution in [-0.4, -0.2) is 17.7 Å². The molecule has 2 aromatic carbocycles. The van der Waals surface area contributed by atoms with Gasteiger partial charge in [0.2, 0.25) is 0 Å². The van der Waals surface area contributed by atoms with E-state index in [1.165, 1.54) is 12.1 Å². The quantitative estimate of drug-likeness (QED) is 0.588. The van der Waals surface area contributed by atoms with Crippen LogP contribution < -0.4 is 4.90 Å². The fourth-order valence-electron chi connectivity index (χ4n) is 3.11. The Hall–Kier alpha value is -2.26. The second-order valence-electron chi connectivity index (χ2n) is 5.73. The van der Waals surface area contributed by atoms with E-state index in [1.807, 2.05) is 18.2 Å². The Bertz CT molecular complexity index is 880. The van der Waals surface area contributed by atoms with E-state index in [4.69, 9.17) is 11.6 Å². The molecule has 0 saturated heterocycles. The van der Waals surface area contributed by atoms with E-state index in [-0.39, 0.29) is 5.82 Å². The predicted molar refractivity (Wildman–Crippen MR) is 94.2 cm³/mol. The number of fused-ring (bicyclic) bond motifs is 1. The van der Waals surface area contributed by atoms with Crippen LogP contribution in [0.15, 0.2) is 60.8 Å². The average Bonchev–Trinajstić information content (AvgIpc) is 2.95. The third-order valence-electron chi connectivity index (χ3n) is 4.25. The Balaban J connectivity index is 1.91. The van der Waals surface area contributed by atoms with Gasteiger partial charge in [-0.25, -0.2) is 4.39 Å². The van der Waals surface area contributed by atoms with E-state index >= 15 is 0 Å². The molecule has 2 nitrogen and oxygen atoms in total. The summed E-state index contributed by atoms with van der Waals surface area (Å²) in [6.07, 6.45) is 7.56. The summed E-state index contributed by atoms with van der Waals surface area (Å²) in [6, 6.07) is 12.5. The van der Waals surface area contributed by atoms with Gasteiger partial charge in [-0.15, -0.1) is 0 Å². The number of aromatic nitrogens is 1. The molecule has 0 unspecified atom stereocenters. The van der Waals surface area contributed by atoms with Gasteiger partial charge >= 0.3 is 0 Å². The lowest BCUT2D eigenvalue weighted by molar-refractivity contribution is 0.627. The highest BCUT2D eigenvalue weighted by molar-refractivity contribution is 6.31. The minimum atomic E-state index is -0.227. The second kappa shape index (κ2) is 5.74. The standard InChI is InChI=1S/C19H16ClFN2/c20-14-4-9-18-17(12-14)19(22-10-2-1-3-11-22)13-23(18)16-7-5-15(21)6-8-16/h1-2,4-9,12-13H,3,10-11H2. The van der Waals surface area contributed by atoms with Crippen molar-refractivity contribution in [2.75, 3.05) is 18.0 Å². The van der Waals surface area contributed by atoms with Crippen LogP contribution in [0.3, 0.4) is 0 Å². The molecule has 0 N–H and O–H groups in total. The molecule has 0 radical (unpaired) electrons. The summed E-state index contributed by atoms with van der Waals surface area (Å²) in [5.74, 6) is -0.227. The van der Waals surface area contributed by atoms with Crippen LogP contribution in [0.4, 0.5) is 10.1 Å². The third-order valence-corrected chi connectivity index (χ3v) is 4.48. The zero-order valence-corrected chi connectivity index (χ0v) is 13.3. The number of rotatable bonds is 2. The van der Waals surface area contributed by atoms with Gasteiger partial charge in [0.1, 0.15) is 5.82 Å². The van der Waals surface area contributed by atoms with Crippen LogP contribution in [0, 0.1) is 5.82 Å². The number of hydrogen-bond donors (Lipinski definition) is 0. The molecule has 1 aromatic heterocycles. The first-order chi connectivity index (χ1) is 11.2. The fraction of sp³-hybridized carbons (Fsp3) is 0.158. The Morgan fingerprint density at radius 2 is 1.83 bits per heavy atom. The SMILES string of the molecule is Fc1ccc(-n2cc(N3CC=CCC3)c3cc(Cl)ccc32)cc1. The smallest absolute Gasteiger partial charge is 0.123 e. The first-order valence-corrected chi connectivity index (χ1v) is 8.07. The minimum Gasteiger partial charge on any atom is -0.366 e. The number of anilines is 1. The summed E-state index contributed by atoms with van der Waals surface area (Å²) in [6.45, 7) is 1.89. The molecule has 0 atom stereocenters. The molecule has 3 aromatic rings. The topological polar surface area (TPSA) is 8.17 Å². The van der Waals surface area contributed by atoms with Crippen LogP contribution >= 0.6 is 11.6 Å². The van der Waals surface area contributed by atoms with Crippen molar-refractivity contribution in [1.29, 1.82) is 0 Å². The Morgan fingerprint density at radius 1 is 1.00 bits per heavy atom. The highest BCUT2D eigenvalue weighted by Gasteiger charge is 2.16. The maximum absolute atomic E-state index is 13.2. The molecular weight excluding hydrogens is 311 g/mol. The lowest BCUT2D eigenvalue weighted by Gasteiger charge is -2.24. The van der Waals surface area contributed by atoms with Crippen molar-refractivity contribution >= 4 is 28.2 Å². The number of nitrogens with zero attached hydrogens (tertiary/aromatic N) is 2. The normalized spacial score (nSPS) is 14.6. The summed E-state index contributed by atoms with van der Waals surface area (Å²) >= 11 is 6.21. The second-order valence-corrected chi connectivity index (χ2v) is 6.16. The van der Waals surface area contributed by atoms with Gasteiger partial charge in [0.25, 0.3) is 0 Å². The molecule has 1 aliphatic heterocycles. The minimum absolute atomic E-state index is 0.227. The molecular formula is C19H16ClFN2. The number of hydrogen-bond acceptors (Lipinski definition) is 1. The molecule has 4 rings (SSSR count). The van der Waals surface area contributed by atoms with E-state index in [0.29, 0.717) is 0 Å². The molecule has 0 saturated carbocycles. The first-order valence-electron chi connectivity index (χ1n) is 7.69. The van der Waals surface area contributed by atoms with E-state index in [9.17, 15) is 4.39 Å². The van der Waals surface area contributed by atoms with Gasteiger partial charge < -0.3 is 9.47 Å². The Morgan fingerprint density at radius 3 is 2.57 bits per heavy atom. The highest BCUT2D eigenvalue weighted by Crippen LogP contribution is 2.34. The van der Waals surface area contributed by atoms with Crippen molar-refractivity contribution in [3.63, 3.8) is 0 Å². The van der Waals surface area contributed by atoms with Crippen molar-refractivity contribution in [3.8, 4) is 5.69 Å². The average molecular weight is 327 g/mol. The third kappa shape index (κ3) is 2.62. The molecule has 4 heteroatoms. The predicted octanol–water partition coefficient (Wildman–Crippen LogP) is 5.19. The van der Waals surface area contributed by atoms with Crippen LogP contribution in [0.2, 0.25) is 5.02 Å². The van der Waals surface area contributed by atoms with Crippen molar-refractivity contribution in [3.05, 3.63) is 71.7 Å². The van der Waals surface area contributed by atoms with Crippen molar-refractivity contribution in [1.82, 2.24) is 4.57 Å². The van der Waals surface area contributed by atoms with Crippen LogP contribution in [0.5, 0.6) is 0 Å². The van der Waals surface area contributed by atoms with Crippen LogP contribution in [0.1, 0.15) is 6.42 Å². The molecule has 0 bridgehead atoms. The van der Waals surface area contributed by atoms with Crippen molar-refractivity contribution in [2.45, 2.75) is 6.42 Å². The molecule has 0 aliphatic carbocycles. The van der Waals surface area contributed by atoms with Gasteiger partial charge in [0.15, 0.2) is 0 Å². The summed E-state index contributed by atoms with van der Waals surface area (Å²) in [5.41, 5.74) is 3.18. The first kappa shape index (κ1) is 14.3. The fourth-order valence-corrected chi connectivity index (χ4v) is 3.28. The molecule has 2 heterocycles. The Labute approximate surface area is 139 Å². The largest absolute Gasteiger partial charge is 0.366 e. The van der Waals surface area contributed by atoms with Crippen LogP contribution in [-0.2, 0) is 0 Å². The monoisotopic (exact) mass is 326 g/mol. The van der Waals surface area contributed by atoms with Gasteiger partial charge in [-0.05, 0) is 48.9 Å². The van der Waals surface area contributed by atoms with Gasteiger partial charge in [0.05, 0.1) is 11.2 Å². The highest BCUT2D eigenvalue weighted by atomic mass is 35.5. The maximum Gasteiger partial charge on any atom is 0.123 e.